The maximum Gasteiger partial charge on any atom is 0.327 e. The normalized spacial score (nSPS) is 20.8. The molecule has 2 rings (SSSR count). The SMILES string of the molecule is O=C(O)/C=C/Cc1ccn(C2CCCCO2)n1. The molecule has 5 heteroatoms. The van der Waals surface area contributed by atoms with E-state index in [4.69, 9.17) is 9.84 Å². The summed E-state index contributed by atoms with van der Waals surface area (Å²) >= 11 is 0. The molecule has 1 atom stereocenters. The first-order valence-electron chi connectivity index (χ1n) is 5.81. The van der Waals surface area contributed by atoms with Gasteiger partial charge in [0.25, 0.3) is 0 Å². The molecule has 0 radical (unpaired) electrons. The van der Waals surface area contributed by atoms with Crippen LogP contribution < -0.4 is 0 Å². The molecule has 17 heavy (non-hydrogen) atoms. The molecule has 1 unspecified atom stereocenters. The van der Waals surface area contributed by atoms with Crippen LogP contribution in [0.3, 0.4) is 0 Å². The summed E-state index contributed by atoms with van der Waals surface area (Å²) in [7, 11) is 0. The van der Waals surface area contributed by atoms with Gasteiger partial charge in [-0.1, -0.05) is 6.08 Å². The van der Waals surface area contributed by atoms with E-state index >= 15 is 0 Å². The molecule has 0 saturated carbocycles. The minimum absolute atomic E-state index is 0.0425. The number of aliphatic carboxylic acids is 1. The fourth-order valence-corrected chi connectivity index (χ4v) is 1.86. The van der Waals surface area contributed by atoms with Crippen molar-refractivity contribution in [1.82, 2.24) is 9.78 Å². The lowest BCUT2D eigenvalue weighted by Gasteiger charge is -2.22. The molecular weight excluding hydrogens is 220 g/mol. The number of carbonyl (C=O) groups is 1. The van der Waals surface area contributed by atoms with Gasteiger partial charge in [0.15, 0.2) is 0 Å². The van der Waals surface area contributed by atoms with Crippen molar-refractivity contribution in [2.75, 3.05) is 6.61 Å². The maximum absolute atomic E-state index is 10.3. The number of carboxylic acids is 1. The molecular formula is C12H16N2O3. The molecule has 1 saturated heterocycles. The summed E-state index contributed by atoms with van der Waals surface area (Å²) in [6.45, 7) is 0.790. The zero-order valence-corrected chi connectivity index (χ0v) is 9.58. The monoisotopic (exact) mass is 236 g/mol. The first-order chi connectivity index (χ1) is 8.25. The third kappa shape index (κ3) is 3.42. The van der Waals surface area contributed by atoms with E-state index in [-0.39, 0.29) is 6.23 Å². The Morgan fingerprint density at radius 1 is 1.65 bits per heavy atom. The average molecular weight is 236 g/mol. The van der Waals surface area contributed by atoms with Crippen LogP contribution in [0.4, 0.5) is 0 Å². The quantitative estimate of drug-likeness (QED) is 0.809. The Hall–Kier alpha value is -1.62. The Labute approximate surface area is 99.7 Å². The molecule has 5 nitrogen and oxygen atoms in total. The van der Waals surface area contributed by atoms with Gasteiger partial charge in [-0.25, -0.2) is 9.48 Å². The van der Waals surface area contributed by atoms with Crippen molar-refractivity contribution >= 4 is 5.97 Å². The van der Waals surface area contributed by atoms with E-state index in [9.17, 15) is 4.79 Å². The van der Waals surface area contributed by atoms with E-state index in [1.807, 2.05) is 16.9 Å². The van der Waals surface area contributed by atoms with Gasteiger partial charge in [0.2, 0.25) is 0 Å². The molecule has 0 spiro atoms. The molecule has 0 bridgehead atoms. The number of hydrogen-bond acceptors (Lipinski definition) is 3. The molecule has 1 aromatic heterocycles. The van der Waals surface area contributed by atoms with Gasteiger partial charge in [-0.05, 0) is 25.3 Å². The van der Waals surface area contributed by atoms with Crippen molar-refractivity contribution in [2.45, 2.75) is 31.9 Å². The fourth-order valence-electron chi connectivity index (χ4n) is 1.86. The number of ether oxygens (including phenoxy) is 1. The molecule has 1 aliphatic heterocycles. The summed E-state index contributed by atoms with van der Waals surface area (Å²) in [6, 6.07) is 1.89. The number of carboxylic acid groups (broad SMARTS) is 1. The minimum Gasteiger partial charge on any atom is -0.478 e. The van der Waals surface area contributed by atoms with Gasteiger partial charge >= 0.3 is 5.97 Å². The standard InChI is InChI=1S/C12H16N2O3/c15-12(16)6-3-4-10-7-8-14(13-10)11-5-1-2-9-17-11/h3,6-8,11H,1-2,4-5,9H2,(H,15,16)/b6-3+. The number of rotatable bonds is 4. The van der Waals surface area contributed by atoms with E-state index in [1.54, 1.807) is 6.08 Å². The van der Waals surface area contributed by atoms with Crippen molar-refractivity contribution in [3.05, 3.63) is 30.1 Å². The molecule has 1 aliphatic rings. The second-order valence-electron chi connectivity index (χ2n) is 4.05. The second-order valence-corrected chi connectivity index (χ2v) is 4.05. The van der Waals surface area contributed by atoms with Crippen LogP contribution >= 0.6 is 0 Å². The predicted octanol–water partition coefficient (Wildman–Crippen LogP) is 1.77. The van der Waals surface area contributed by atoms with Crippen LogP contribution in [-0.2, 0) is 16.0 Å². The summed E-state index contributed by atoms with van der Waals surface area (Å²) in [4.78, 5) is 10.3. The highest BCUT2D eigenvalue weighted by molar-refractivity contribution is 5.79. The van der Waals surface area contributed by atoms with Gasteiger partial charge in [0.1, 0.15) is 6.23 Å². The molecule has 1 aromatic rings. The molecule has 92 valence electrons. The van der Waals surface area contributed by atoms with Crippen LogP contribution in [0.1, 0.15) is 31.2 Å². The van der Waals surface area contributed by atoms with E-state index in [0.717, 1.165) is 31.2 Å². The Morgan fingerprint density at radius 2 is 2.53 bits per heavy atom. The van der Waals surface area contributed by atoms with Crippen molar-refractivity contribution in [3.8, 4) is 0 Å². The number of aromatic nitrogens is 2. The first kappa shape index (κ1) is 11.9. The van der Waals surface area contributed by atoms with Gasteiger partial charge in [0, 0.05) is 25.3 Å². The third-order valence-corrected chi connectivity index (χ3v) is 2.70. The molecule has 1 N–H and O–H groups in total. The van der Waals surface area contributed by atoms with E-state index in [0.29, 0.717) is 6.42 Å². The summed E-state index contributed by atoms with van der Waals surface area (Å²) in [5.41, 5.74) is 0.858. The number of hydrogen-bond donors (Lipinski definition) is 1. The van der Waals surface area contributed by atoms with E-state index < -0.39 is 5.97 Å². The van der Waals surface area contributed by atoms with Crippen LogP contribution in [0.2, 0.25) is 0 Å². The van der Waals surface area contributed by atoms with Gasteiger partial charge in [-0.3, -0.25) is 0 Å². The fraction of sp³-hybridized carbons (Fsp3) is 0.500. The van der Waals surface area contributed by atoms with Crippen molar-refractivity contribution in [2.24, 2.45) is 0 Å². The van der Waals surface area contributed by atoms with Gasteiger partial charge in [0.05, 0.1) is 5.69 Å². The zero-order chi connectivity index (χ0) is 12.1. The lowest BCUT2D eigenvalue weighted by molar-refractivity contribution is -0.131. The van der Waals surface area contributed by atoms with Gasteiger partial charge < -0.3 is 9.84 Å². The smallest absolute Gasteiger partial charge is 0.327 e. The topological polar surface area (TPSA) is 64.3 Å². The van der Waals surface area contributed by atoms with Gasteiger partial charge in [-0.2, -0.15) is 5.10 Å². The highest BCUT2D eigenvalue weighted by Crippen LogP contribution is 2.21. The van der Waals surface area contributed by atoms with Crippen LogP contribution in [-0.4, -0.2) is 27.5 Å². The van der Waals surface area contributed by atoms with Crippen molar-refractivity contribution in [3.63, 3.8) is 0 Å². The Kier molecular flexibility index (Phi) is 3.93. The Balaban J connectivity index is 1.93. The van der Waals surface area contributed by atoms with Crippen molar-refractivity contribution in [1.29, 1.82) is 0 Å². The van der Waals surface area contributed by atoms with Crippen LogP contribution in [0.5, 0.6) is 0 Å². The Morgan fingerprint density at radius 3 is 3.24 bits per heavy atom. The van der Waals surface area contributed by atoms with E-state index in [2.05, 4.69) is 5.10 Å². The largest absolute Gasteiger partial charge is 0.478 e. The summed E-state index contributed by atoms with van der Waals surface area (Å²) in [5.74, 6) is -0.931. The summed E-state index contributed by atoms with van der Waals surface area (Å²) < 4.78 is 7.43. The zero-order valence-electron chi connectivity index (χ0n) is 9.58. The summed E-state index contributed by atoms with van der Waals surface area (Å²) in [5, 5.41) is 12.8. The Bertz CT molecular complexity index is 406. The predicted molar refractivity (Wildman–Crippen MR) is 61.5 cm³/mol. The van der Waals surface area contributed by atoms with Crippen LogP contribution in [0.15, 0.2) is 24.4 Å². The van der Waals surface area contributed by atoms with Gasteiger partial charge in [-0.15, -0.1) is 0 Å². The molecule has 1 fully saturated rings. The summed E-state index contributed by atoms with van der Waals surface area (Å²) in [6.07, 6.45) is 8.47. The lowest BCUT2D eigenvalue weighted by Crippen LogP contribution is -2.18. The number of allylic oxidation sites excluding steroid dienone is 1. The molecule has 0 aromatic carbocycles. The highest BCUT2D eigenvalue weighted by atomic mass is 16.5. The van der Waals surface area contributed by atoms with Crippen LogP contribution in [0, 0.1) is 0 Å². The second kappa shape index (κ2) is 5.63. The molecule has 0 amide bonds. The van der Waals surface area contributed by atoms with E-state index in [1.165, 1.54) is 6.42 Å². The average Bonchev–Trinajstić information content (AvgIpc) is 2.78. The van der Waals surface area contributed by atoms with Crippen LogP contribution in [0.25, 0.3) is 0 Å². The lowest BCUT2D eigenvalue weighted by atomic mass is 10.2. The molecule has 0 aliphatic carbocycles. The van der Waals surface area contributed by atoms with Crippen molar-refractivity contribution < 1.29 is 14.6 Å². The highest BCUT2D eigenvalue weighted by Gasteiger charge is 2.15. The first-order valence-corrected chi connectivity index (χ1v) is 5.81. The maximum atomic E-state index is 10.3. The molecule has 2 heterocycles. The number of nitrogens with zero attached hydrogens (tertiary/aromatic N) is 2. The third-order valence-electron chi connectivity index (χ3n) is 2.70. The minimum atomic E-state index is -0.931.